The van der Waals surface area contributed by atoms with Gasteiger partial charge in [-0.3, -0.25) is 4.79 Å². The Morgan fingerprint density at radius 1 is 1.10 bits per heavy atom. The number of benzene rings is 2. The molecule has 2 aromatic rings. The van der Waals surface area contributed by atoms with Gasteiger partial charge in [0.05, 0.1) is 12.2 Å². The van der Waals surface area contributed by atoms with Gasteiger partial charge in [-0.15, -0.1) is 0 Å². The molecule has 0 heterocycles. The van der Waals surface area contributed by atoms with Crippen molar-refractivity contribution in [2.45, 2.75) is 39.2 Å². The lowest BCUT2D eigenvalue weighted by Crippen LogP contribution is -2.25. The monoisotopic (exact) mass is 393 g/mol. The Bertz CT molecular complexity index is 817. The highest BCUT2D eigenvalue weighted by atomic mass is 16.5. The van der Waals surface area contributed by atoms with Crippen LogP contribution < -0.4 is 10.1 Å². The van der Waals surface area contributed by atoms with E-state index in [2.05, 4.69) is 5.32 Å². The van der Waals surface area contributed by atoms with Crippen molar-refractivity contribution in [2.75, 3.05) is 13.2 Å². The summed E-state index contributed by atoms with van der Waals surface area (Å²) in [6.07, 6.45) is 6.89. The summed E-state index contributed by atoms with van der Waals surface area (Å²) in [6, 6.07) is 17.0. The molecular weight excluding hydrogens is 362 g/mol. The van der Waals surface area contributed by atoms with Crippen molar-refractivity contribution < 1.29 is 14.6 Å². The molecule has 154 valence electrons. The van der Waals surface area contributed by atoms with Crippen molar-refractivity contribution in [2.24, 2.45) is 0 Å². The van der Waals surface area contributed by atoms with E-state index in [0.717, 1.165) is 17.7 Å². The SMILES string of the molecule is CC(C)=C/C=C/[C@@](C)(O)CCOc1ccc(CCNC(=O)c2ccccc2)cc1. The molecule has 4 heteroatoms. The lowest BCUT2D eigenvalue weighted by molar-refractivity contribution is 0.0832. The lowest BCUT2D eigenvalue weighted by atomic mass is 10.0. The van der Waals surface area contributed by atoms with Gasteiger partial charge < -0.3 is 15.2 Å². The number of aliphatic hydroxyl groups is 1. The van der Waals surface area contributed by atoms with Crippen LogP contribution in [-0.2, 0) is 6.42 Å². The van der Waals surface area contributed by atoms with Gasteiger partial charge in [0.1, 0.15) is 5.75 Å². The van der Waals surface area contributed by atoms with Gasteiger partial charge in [-0.2, -0.15) is 0 Å². The molecule has 0 unspecified atom stereocenters. The summed E-state index contributed by atoms with van der Waals surface area (Å²) in [4.78, 5) is 12.0. The third kappa shape index (κ3) is 8.79. The summed E-state index contributed by atoms with van der Waals surface area (Å²) < 4.78 is 5.75. The normalized spacial score (nSPS) is 13.0. The smallest absolute Gasteiger partial charge is 0.251 e. The molecule has 1 atom stereocenters. The molecule has 0 aliphatic carbocycles. The highest BCUT2D eigenvalue weighted by Gasteiger charge is 2.15. The molecule has 0 spiro atoms. The minimum absolute atomic E-state index is 0.0590. The van der Waals surface area contributed by atoms with Crippen LogP contribution in [0, 0.1) is 0 Å². The number of hydrogen-bond acceptors (Lipinski definition) is 3. The summed E-state index contributed by atoms with van der Waals surface area (Å²) >= 11 is 0. The van der Waals surface area contributed by atoms with Crippen LogP contribution in [0.25, 0.3) is 0 Å². The first-order chi connectivity index (χ1) is 13.9. The quantitative estimate of drug-likeness (QED) is 0.575. The maximum atomic E-state index is 12.0. The highest BCUT2D eigenvalue weighted by molar-refractivity contribution is 5.94. The van der Waals surface area contributed by atoms with E-state index >= 15 is 0 Å². The Morgan fingerprint density at radius 3 is 2.45 bits per heavy atom. The van der Waals surface area contributed by atoms with Gasteiger partial charge in [-0.25, -0.2) is 0 Å². The standard InChI is InChI=1S/C25H31NO3/c1-20(2)8-7-16-25(3,28)17-19-29-23-13-11-21(12-14-23)15-18-26-24(27)22-9-5-4-6-10-22/h4-14,16,28H,15,17-19H2,1-3H3,(H,26,27)/b16-7+/t25-/m1/s1. The zero-order valence-corrected chi connectivity index (χ0v) is 17.5. The zero-order chi connectivity index (χ0) is 21.1. The average molecular weight is 394 g/mol. The topological polar surface area (TPSA) is 58.6 Å². The van der Waals surface area contributed by atoms with Crippen LogP contribution in [0.4, 0.5) is 0 Å². The first-order valence-electron chi connectivity index (χ1n) is 9.96. The fourth-order valence-electron chi connectivity index (χ4n) is 2.67. The third-order valence-corrected chi connectivity index (χ3v) is 4.42. The van der Waals surface area contributed by atoms with E-state index in [9.17, 15) is 9.90 Å². The summed E-state index contributed by atoms with van der Waals surface area (Å²) in [6.45, 7) is 6.82. The molecule has 2 rings (SSSR count). The Labute approximate surface area is 173 Å². The summed E-state index contributed by atoms with van der Waals surface area (Å²) in [5.74, 6) is 0.711. The molecule has 0 saturated carbocycles. The van der Waals surface area contributed by atoms with E-state index in [4.69, 9.17) is 4.74 Å². The predicted octanol–water partition coefficient (Wildman–Crippen LogP) is 4.70. The molecule has 2 aromatic carbocycles. The molecule has 0 aliphatic heterocycles. The van der Waals surface area contributed by atoms with Crippen molar-refractivity contribution in [3.8, 4) is 5.75 Å². The Kier molecular flexibility index (Phi) is 8.68. The van der Waals surface area contributed by atoms with Crippen molar-refractivity contribution in [3.05, 3.63) is 89.5 Å². The Balaban J connectivity index is 1.72. The summed E-state index contributed by atoms with van der Waals surface area (Å²) in [7, 11) is 0. The van der Waals surface area contributed by atoms with Gasteiger partial charge in [0.25, 0.3) is 5.91 Å². The molecule has 0 fully saturated rings. The summed E-state index contributed by atoms with van der Waals surface area (Å²) in [5, 5.41) is 13.3. The molecule has 0 aromatic heterocycles. The number of hydrogen-bond donors (Lipinski definition) is 2. The number of rotatable bonds is 10. The van der Waals surface area contributed by atoms with E-state index in [1.165, 1.54) is 5.57 Å². The first kappa shape index (κ1) is 22.4. The Hall–Kier alpha value is -2.85. The third-order valence-electron chi connectivity index (χ3n) is 4.42. The number of nitrogens with one attached hydrogen (secondary N) is 1. The maximum Gasteiger partial charge on any atom is 0.251 e. The molecule has 29 heavy (non-hydrogen) atoms. The first-order valence-corrected chi connectivity index (χ1v) is 9.96. The average Bonchev–Trinajstić information content (AvgIpc) is 2.69. The second kappa shape index (κ2) is 11.2. The van der Waals surface area contributed by atoms with Crippen LogP contribution in [0.15, 0.2) is 78.4 Å². The molecule has 2 N–H and O–H groups in total. The second-order valence-electron chi connectivity index (χ2n) is 7.57. The highest BCUT2D eigenvalue weighted by Crippen LogP contribution is 2.16. The van der Waals surface area contributed by atoms with Gasteiger partial charge in [-0.05, 0) is 57.0 Å². The maximum absolute atomic E-state index is 12.0. The largest absolute Gasteiger partial charge is 0.493 e. The minimum atomic E-state index is -0.900. The van der Waals surface area contributed by atoms with Gasteiger partial charge in [-0.1, -0.05) is 54.1 Å². The van der Waals surface area contributed by atoms with E-state index in [-0.39, 0.29) is 5.91 Å². The van der Waals surface area contributed by atoms with Gasteiger partial charge >= 0.3 is 0 Å². The number of carbonyl (C=O) groups excluding carboxylic acids is 1. The van der Waals surface area contributed by atoms with Crippen molar-refractivity contribution in [1.82, 2.24) is 5.32 Å². The number of ether oxygens (including phenoxy) is 1. The molecular formula is C25H31NO3. The molecule has 0 saturated heterocycles. The van der Waals surface area contributed by atoms with Crippen molar-refractivity contribution >= 4 is 5.91 Å². The number of carbonyl (C=O) groups is 1. The number of allylic oxidation sites excluding steroid dienone is 3. The van der Waals surface area contributed by atoms with Crippen LogP contribution in [-0.4, -0.2) is 29.8 Å². The van der Waals surface area contributed by atoms with E-state index < -0.39 is 5.60 Å². The predicted molar refractivity (Wildman–Crippen MR) is 118 cm³/mol. The molecule has 0 bridgehead atoms. The molecule has 1 amide bonds. The zero-order valence-electron chi connectivity index (χ0n) is 17.5. The molecule has 0 aliphatic rings. The van der Waals surface area contributed by atoms with Gasteiger partial charge in [0.2, 0.25) is 0 Å². The lowest BCUT2D eigenvalue weighted by Gasteiger charge is -2.19. The van der Waals surface area contributed by atoms with Crippen LogP contribution in [0.2, 0.25) is 0 Å². The van der Waals surface area contributed by atoms with E-state index in [1.54, 1.807) is 25.1 Å². The summed E-state index contributed by atoms with van der Waals surface area (Å²) in [5.41, 5.74) is 2.08. The van der Waals surface area contributed by atoms with Crippen LogP contribution >= 0.6 is 0 Å². The molecule has 4 nitrogen and oxygen atoms in total. The second-order valence-corrected chi connectivity index (χ2v) is 7.57. The van der Waals surface area contributed by atoms with Gasteiger partial charge in [0.15, 0.2) is 0 Å². The van der Waals surface area contributed by atoms with E-state index in [0.29, 0.717) is 25.1 Å². The van der Waals surface area contributed by atoms with Crippen molar-refractivity contribution in [1.29, 1.82) is 0 Å². The van der Waals surface area contributed by atoms with Gasteiger partial charge in [0, 0.05) is 18.5 Å². The van der Waals surface area contributed by atoms with Crippen LogP contribution in [0.5, 0.6) is 5.75 Å². The fourth-order valence-corrected chi connectivity index (χ4v) is 2.67. The fraction of sp³-hybridized carbons (Fsp3) is 0.320. The Morgan fingerprint density at radius 2 is 1.79 bits per heavy atom. The van der Waals surface area contributed by atoms with Crippen molar-refractivity contribution in [3.63, 3.8) is 0 Å². The van der Waals surface area contributed by atoms with Crippen LogP contribution in [0.3, 0.4) is 0 Å². The number of amides is 1. The van der Waals surface area contributed by atoms with Crippen LogP contribution in [0.1, 0.15) is 43.1 Å². The van der Waals surface area contributed by atoms with E-state index in [1.807, 2.05) is 68.5 Å². The minimum Gasteiger partial charge on any atom is -0.493 e. The molecule has 0 radical (unpaired) electrons.